The van der Waals surface area contributed by atoms with Gasteiger partial charge in [-0.1, -0.05) is 19.1 Å². The maximum Gasteiger partial charge on any atom is 0.272 e. The Morgan fingerprint density at radius 1 is 1.48 bits per heavy atom. The van der Waals surface area contributed by atoms with Gasteiger partial charge in [0.25, 0.3) is 5.91 Å². The summed E-state index contributed by atoms with van der Waals surface area (Å²) in [6, 6.07) is 0. The number of aromatic nitrogens is 5. The van der Waals surface area contributed by atoms with Gasteiger partial charge in [0.05, 0.1) is 18.1 Å². The van der Waals surface area contributed by atoms with Gasteiger partial charge >= 0.3 is 0 Å². The number of nitrogens with zero attached hydrogens (tertiary/aromatic N) is 5. The van der Waals surface area contributed by atoms with E-state index in [9.17, 15) is 4.79 Å². The average Bonchev–Trinajstić information content (AvgIpc) is 2.96. The molecule has 112 valence electrons. The number of nitrogen functional groups attached to an aromatic ring is 1. The Hall–Kier alpha value is -2.51. The molecule has 0 atom stereocenters. The highest BCUT2D eigenvalue weighted by Gasteiger charge is 2.14. The lowest BCUT2D eigenvalue weighted by atomic mass is 10.2. The van der Waals surface area contributed by atoms with Crippen molar-refractivity contribution in [2.24, 2.45) is 0 Å². The summed E-state index contributed by atoms with van der Waals surface area (Å²) in [5.74, 6) is 0.469. The molecule has 3 N–H and O–H groups in total. The lowest BCUT2D eigenvalue weighted by Gasteiger charge is -2.09. The van der Waals surface area contributed by atoms with E-state index in [1.165, 1.54) is 6.20 Å². The quantitative estimate of drug-likeness (QED) is 0.753. The minimum absolute atomic E-state index is 0.143. The van der Waals surface area contributed by atoms with Gasteiger partial charge in [0, 0.05) is 25.2 Å². The Morgan fingerprint density at radius 3 is 2.95 bits per heavy atom. The first-order chi connectivity index (χ1) is 10.1. The first-order valence-corrected chi connectivity index (χ1v) is 6.82. The number of nitrogens with two attached hydrogens (primary N) is 1. The van der Waals surface area contributed by atoms with Crippen molar-refractivity contribution in [1.82, 2.24) is 30.3 Å². The molecular weight excluding hydrogens is 270 g/mol. The summed E-state index contributed by atoms with van der Waals surface area (Å²) in [5.41, 5.74) is 6.28. The van der Waals surface area contributed by atoms with Gasteiger partial charge in [-0.05, 0) is 6.42 Å². The summed E-state index contributed by atoms with van der Waals surface area (Å²) >= 11 is 0. The maximum atomic E-state index is 12.1. The standard InChI is InChI=1S/C13H19N7O/c1-9(2)12-16-8-10(14)11(18-12)13(21)15-4-3-6-20-7-5-17-19-20/h5,7-9H,3-4,6,14H2,1-2H3,(H,15,21). The molecule has 0 aliphatic rings. The lowest BCUT2D eigenvalue weighted by molar-refractivity contribution is 0.0948. The van der Waals surface area contributed by atoms with E-state index < -0.39 is 0 Å². The van der Waals surface area contributed by atoms with Crippen LogP contribution in [0.4, 0.5) is 5.69 Å². The molecule has 2 rings (SSSR count). The second kappa shape index (κ2) is 6.78. The van der Waals surface area contributed by atoms with Crippen LogP contribution in [-0.2, 0) is 6.54 Å². The van der Waals surface area contributed by atoms with Crippen LogP contribution in [0.1, 0.15) is 42.5 Å². The Balaban J connectivity index is 1.89. The molecule has 0 bridgehead atoms. The molecule has 0 aliphatic carbocycles. The summed E-state index contributed by atoms with van der Waals surface area (Å²) in [4.78, 5) is 20.4. The highest BCUT2D eigenvalue weighted by Crippen LogP contribution is 2.13. The molecule has 2 aromatic heterocycles. The SMILES string of the molecule is CC(C)c1ncc(N)c(C(=O)NCCCn2ccnn2)n1. The molecule has 8 heteroatoms. The molecule has 1 amide bonds. The zero-order chi connectivity index (χ0) is 15.2. The predicted octanol–water partition coefficient (Wildman–Crippen LogP) is 0.594. The van der Waals surface area contributed by atoms with E-state index >= 15 is 0 Å². The third-order valence-electron chi connectivity index (χ3n) is 2.89. The zero-order valence-corrected chi connectivity index (χ0v) is 12.2. The van der Waals surface area contributed by atoms with Crippen LogP contribution in [0.3, 0.4) is 0 Å². The number of rotatable bonds is 6. The van der Waals surface area contributed by atoms with Gasteiger partial charge in [0.2, 0.25) is 0 Å². The second-order valence-corrected chi connectivity index (χ2v) is 4.96. The van der Waals surface area contributed by atoms with Crippen molar-refractivity contribution in [3.63, 3.8) is 0 Å². The molecule has 0 fully saturated rings. The normalized spacial score (nSPS) is 10.8. The van der Waals surface area contributed by atoms with E-state index in [1.807, 2.05) is 13.8 Å². The number of nitrogens with one attached hydrogen (secondary N) is 1. The summed E-state index contributed by atoms with van der Waals surface area (Å²) < 4.78 is 1.71. The molecule has 0 spiro atoms. The van der Waals surface area contributed by atoms with E-state index in [0.29, 0.717) is 18.9 Å². The molecule has 0 aromatic carbocycles. The van der Waals surface area contributed by atoms with Crippen LogP contribution in [0.15, 0.2) is 18.6 Å². The van der Waals surface area contributed by atoms with Gasteiger partial charge in [-0.3, -0.25) is 9.48 Å². The molecule has 2 aromatic rings. The van der Waals surface area contributed by atoms with Gasteiger partial charge in [0.1, 0.15) is 5.82 Å². The molecule has 2 heterocycles. The van der Waals surface area contributed by atoms with Gasteiger partial charge < -0.3 is 11.1 Å². The Kier molecular flexibility index (Phi) is 4.81. The third-order valence-corrected chi connectivity index (χ3v) is 2.89. The third kappa shape index (κ3) is 3.98. The van der Waals surface area contributed by atoms with Gasteiger partial charge in [-0.2, -0.15) is 0 Å². The predicted molar refractivity (Wildman–Crippen MR) is 77.5 cm³/mol. The van der Waals surface area contributed by atoms with E-state index in [1.54, 1.807) is 17.1 Å². The number of hydrogen-bond donors (Lipinski definition) is 2. The Labute approximate surface area is 122 Å². The summed E-state index contributed by atoms with van der Waals surface area (Å²) in [6.45, 7) is 5.13. The monoisotopic (exact) mass is 289 g/mol. The lowest BCUT2D eigenvalue weighted by Crippen LogP contribution is -2.27. The van der Waals surface area contributed by atoms with Crippen molar-refractivity contribution in [3.8, 4) is 0 Å². The smallest absolute Gasteiger partial charge is 0.272 e. The average molecular weight is 289 g/mol. The number of anilines is 1. The van der Waals surface area contributed by atoms with Gasteiger partial charge in [0.15, 0.2) is 5.69 Å². The fourth-order valence-corrected chi connectivity index (χ4v) is 1.74. The zero-order valence-electron chi connectivity index (χ0n) is 12.2. The summed E-state index contributed by atoms with van der Waals surface area (Å²) in [6.07, 6.45) is 5.62. The highest BCUT2D eigenvalue weighted by atomic mass is 16.1. The maximum absolute atomic E-state index is 12.1. The number of carbonyl (C=O) groups excluding carboxylic acids is 1. The minimum atomic E-state index is -0.282. The highest BCUT2D eigenvalue weighted by molar-refractivity contribution is 5.96. The Bertz CT molecular complexity index is 595. The molecule has 8 nitrogen and oxygen atoms in total. The number of hydrogen-bond acceptors (Lipinski definition) is 6. The fraction of sp³-hybridized carbons (Fsp3) is 0.462. The van der Waals surface area contributed by atoms with Crippen molar-refractivity contribution in [3.05, 3.63) is 30.1 Å². The van der Waals surface area contributed by atoms with E-state index in [4.69, 9.17) is 5.73 Å². The van der Waals surface area contributed by atoms with Crippen LogP contribution < -0.4 is 11.1 Å². The molecule has 0 saturated carbocycles. The van der Waals surface area contributed by atoms with Crippen molar-refractivity contribution < 1.29 is 4.79 Å². The van der Waals surface area contributed by atoms with Crippen molar-refractivity contribution in [1.29, 1.82) is 0 Å². The van der Waals surface area contributed by atoms with E-state index in [2.05, 4.69) is 25.6 Å². The van der Waals surface area contributed by atoms with Crippen LogP contribution >= 0.6 is 0 Å². The molecule has 0 unspecified atom stereocenters. The van der Waals surface area contributed by atoms with E-state index in [0.717, 1.165) is 6.42 Å². The number of amides is 1. The van der Waals surface area contributed by atoms with Crippen LogP contribution in [0, 0.1) is 0 Å². The minimum Gasteiger partial charge on any atom is -0.396 e. The molecule has 21 heavy (non-hydrogen) atoms. The summed E-state index contributed by atoms with van der Waals surface area (Å²) in [5, 5.41) is 10.4. The van der Waals surface area contributed by atoms with Crippen LogP contribution in [-0.4, -0.2) is 37.4 Å². The first-order valence-electron chi connectivity index (χ1n) is 6.82. The number of carbonyl (C=O) groups is 1. The number of aryl methyl sites for hydroxylation is 1. The van der Waals surface area contributed by atoms with Crippen LogP contribution in [0.2, 0.25) is 0 Å². The topological polar surface area (TPSA) is 112 Å². The Morgan fingerprint density at radius 2 is 2.29 bits per heavy atom. The van der Waals surface area contributed by atoms with Crippen molar-refractivity contribution in [2.45, 2.75) is 32.7 Å². The second-order valence-electron chi connectivity index (χ2n) is 4.96. The first kappa shape index (κ1) is 14.9. The van der Waals surface area contributed by atoms with Crippen LogP contribution in [0.5, 0.6) is 0 Å². The molecule has 0 saturated heterocycles. The van der Waals surface area contributed by atoms with Crippen LogP contribution in [0.25, 0.3) is 0 Å². The largest absolute Gasteiger partial charge is 0.396 e. The molecule has 0 radical (unpaired) electrons. The van der Waals surface area contributed by atoms with Gasteiger partial charge in [-0.25, -0.2) is 9.97 Å². The van der Waals surface area contributed by atoms with E-state index in [-0.39, 0.29) is 23.2 Å². The van der Waals surface area contributed by atoms with Crippen molar-refractivity contribution >= 4 is 11.6 Å². The van der Waals surface area contributed by atoms with Crippen molar-refractivity contribution in [2.75, 3.05) is 12.3 Å². The summed E-state index contributed by atoms with van der Waals surface area (Å²) in [7, 11) is 0. The fourth-order valence-electron chi connectivity index (χ4n) is 1.74. The molecule has 0 aliphatic heterocycles. The van der Waals surface area contributed by atoms with Gasteiger partial charge in [-0.15, -0.1) is 5.10 Å². The molecular formula is C13H19N7O.